The summed E-state index contributed by atoms with van der Waals surface area (Å²) < 4.78 is 4.54. The van der Waals surface area contributed by atoms with Crippen LogP contribution in [0.1, 0.15) is 16.7 Å². The Morgan fingerprint density at radius 3 is 2.88 bits per heavy atom. The van der Waals surface area contributed by atoms with Crippen LogP contribution in [0.3, 0.4) is 0 Å². The van der Waals surface area contributed by atoms with Gasteiger partial charge in [-0.05, 0) is 25.0 Å². The van der Waals surface area contributed by atoms with Crippen molar-refractivity contribution in [2.45, 2.75) is 19.4 Å². The molecule has 1 rings (SSSR count). The highest BCUT2D eigenvalue weighted by Crippen LogP contribution is 2.12. The van der Waals surface area contributed by atoms with Gasteiger partial charge in [-0.15, -0.1) is 0 Å². The second-order valence-electron chi connectivity index (χ2n) is 3.61. The molecule has 0 aliphatic heterocycles. The topological polar surface area (TPSA) is 76.1 Å². The Hall–Kier alpha value is -1.86. The molecule has 0 unspecified atom stereocenters. The van der Waals surface area contributed by atoms with Gasteiger partial charge in [-0.2, -0.15) is 5.26 Å². The summed E-state index contributed by atoms with van der Waals surface area (Å²) in [6.45, 7) is 1.92. The van der Waals surface area contributed by atoms with Gasteiger partial charge in [0.1, 0.15) is 6.04 Å². The van der Waals surface area contributed by atoms with Gasteiger partial charge in [-0.25, -0.2) is 0 Å². The molecule has 0 fully saturated rings. The van der Waals surface area contributed by atoms with Gasteiger partial charge in [0.05, 0.1) is 18.7 Å². The number of hydrogen-bond acceptors (Lipinski definition) is 4. The lowest BCUT2D eigenvalue weighted by atomic mass is 9.99. The minimum atomic E-state index is -0.723. The van der Waals surface area contributed by atoms with Crippen molar-refractivity contribution >= 4 is 5.97 Å². The van der Waals surface area contributed by atoms with Crippen LogP contribution in [0, 0.1) is 18.3 Å². The molecular formula is C12H14N2O2. The molecule has 0 aromatic heterocycles. The fraction of sp³-hybridized carbons (Fsp3) is 0.333. The number of carbonyl (C=O) groups excluding carboxylic acids is 1. The monoisotopic (exact) mass is 218 g/mol. The van der Waals surface area contributed by atoms with Crippen molar-refractivity contribution in [3.8, 4) is 6.07 Å². The van der Waals surface area contributed by atoms with Gasteiger partial charge in [0.25, 0.3) is 0 Å². The molecule has 0 aliphatic carbocycles. The number of carbonyl (C=O) groups is 1. The van der Waals surface area contributed by atoms with Gasteiger partial charge in [0.15, 0.2) is 0 Å². The Balaban J connectivity index is 2.92. The Bertz CT molecular complexity index is 435. The van der Waals surface area contributed by atoms with E-state index in [0.29, 0.717) is 12.0 Å². The van der Waals surface area contributed by atoms with E-state index in [-0.39, 0.29) is 0 Å². The molecule has 1 atom stereocenters. The second-order valence-corrected chi connectivity index (χ2v) is 3.61. The normalized spacial score (nSPS) is 11.6. The Morgan fingerprint density at radius 1 is 1.62 bits per heavy atom. The molecule has 0 saturated heterocycles. The van der Waals surface area contributed by atoms with E-state index < -0.39 is 12.0 Å². The Labute approximate surface area is 94.6 Å². The third-order valence-corrected chi connectivity index (χ3v) is 2.32. The molecule has 0 heterocycles. The summed E-state index contributed by atoms with van der Waals surface area (Å²) in [5.74, 6) is -0.467. The molecule has 4 heteroatoms. The van der Waals surface area contributed by atoms with Crippen LogP contribution in [0.15, 0.2) is 18.2 Å². The number of benzene rings is 1. The highest BCUT2D eigenvalue weighted by molar-refractivity contribution is 5.75. The smallest absolute Gasteiger partial charge is 0.322 e. The largest absolute Gasteiger partial charge is 0.468 e. The van der Waals surface area contributed by atoms with Crippen molar-refractivity contribution < 1.29 is 9.53 Å². The van der Waals surface area contributed by atoms with Gasteiger partial charge in [0.2, 0.25) is 0 Å². The van der Waals surface area contributed by atoms with E-state index >= 15 is 0 Å². The molecule has 84 valence electrons. The number of nitriles is 1. The second kappa shape index (κ2) is 5.29. The molecule has 2 N–H and O–H groups in total. The summed E-state index contributed by atoms with van der Waals surface area (Å²) >= 11 is 0. The summed E-state index contributed by atoms with van der Waals surface area (Å²) in [6.07, 6.45) is 0.317. The first-order chi connectivity index (χ1) is 7.58. The number of nitrogens with zero attached hydrogens (tertiary/aromatic N) is 1. The highest BCUT2D eigenvalue weighted by atomic mass is 16.5. The van der Waals surface area contributed by atoms with Gasteiger partial charge in [-0.3, -0.25) is 4.79 Å². The van der Waals surface area contributed by atoms with E-state index in [1.54, 1.807) is 6.07 Å². The SMILES string of the molecule is COC(=O)[C@H](N)Cc1cc(C)ccc1C#N. The van der Waals surface area contributed by atoms with Gasteiger partial charge in [-0.1, -0.05) is 17.7 Å². The number of rotatable bonds is 3. The van der Waals surface area contributed by atoms with Crippen LogP contribution >= 0.6 is 0 Å². The fourth-order valence-electron chi connectivity index (χ4n) is 1.47. The number of ether oxygens (including phenoxy) is 1. The van der Waals surface area contributed by atoms with E-state index in [1.807, 2.05) is 19.1 Å². The first kappa shape index (κ1) is 12.2. The summed E-state index contributed by atoms with van der Waals surface area (Å²) in [5, 5.41) is 8.91. The zero-order chi connectivity index (χ0) is 12.1. The van der Waals surface area contributed by atoms with Crippen LogP contribution in [0.2, 0.25) is 0 Å². The molecule has 0 radical (unpaired) electrons. The molecule has 16 heavy (non-hydrogen) atoms. The van der Waals surface area contributed by atoms with E-state index in [9.17, 15) is 4.79 Å². The number of methoxy groups -OCH3 is 1. The molecule has 1 aromatic rings. The summed E-state index contributed by atoms with van der Waals surface area (Å²) in [7, 11) is 1.30. The third kappa shape index (κ3) is 2.81. The van der Waals surface area contributed by atoms with Gasteiger partial charge in [0, 0.05) is 0 Å². The lowest BCUT2D eigenvalue weighted by molar-refractivity contribution is -0.142. The maximum atomic E-state index is 11.2. The third-order valence-electron chi connectivity index (χ3n) is 2.32. The van der Waals surface area contributed by atoms with Crippen LogP contribution in [-0.4, -0.2) is 19.1 Å². The van der Waals surface area contributed by atoms with E-state index in [1.165, 1.54) is 7.11 Å². The average molecular weight is 218 g/mol. The first-order valence-corrected chi connectivity index (χ1v) is 4.91. The molecule has 0 bridgehead atoms. The molecule has 0 aliphatic rings. The van der Waals surface area contributed by atoms with Crippen LogP contribution in [0.25, 0.3) is 0 Å². The molecule has 0 amide bonds. The van der Waals surface area contributed by atoms with Crippen molar-refractivity contribution in [3.63, 3.8) is 0 Å². The zero-order valence-corrected chi connectivity index (χ0v) is 9.36. The average Bonchev–Trinajstić information content (AvgIpc) is 2.28. The molecule has 1 aromatic carbocycles. The number of esters is 1. The van der Waals surface area contributed by atoms with E-state index in [2.05, 4.69) is 10.8 Å². The van der Waals surface area contributed by atoms with Crippen LogP contribution in [0.5, 0.6) is 0 Å². The highest BCUT2D eigenvalue weighted by Gasteiger charge is 2.16. The Kier molecular flexibility index (Phi) is 4.03. The van der Waals surface area contributed by atoms with Crippen molar-refractivity contribution in [2.75, 3.05) is 7.11 Å². The first-order valence-electron chi connectivity index (χ1n) is 4.91. The maximum absolute atomic E-state index is 11.2. The number of nitrogens with two attached hydrogens (primary N) is 1. The minimum Gasteiger partial charge on any atom is -0.468 e. The summed E-state index contributed by atoms with van der Waals surface area (Å²) in [4.78, 5) is 11.2. The lowest BCUT2D eigenvalue weighted by Crippen LogP contribution is -2.33. The van der Waals surface area contributed by atoms with Crippen molar-refractivity contribution in [1.29, 1.82) is 5.26 Å². The van der Waals surface area contributed by atoms with E-state index in [4.69, 9.17) is 11.0 Å². The van der Waals surface area contributed by atoms with Crippen LogP contribution < -0.4 is 5.73 Å². The zero-order valence-electron chi connectivity index (χ0n) is 9.36. The standard InChI is InChI=1S/C12H14N2O2/c1-8-3-4-9(7-13)10(5-8)6-11(14)12(15)16-2/h3-5,11H,6,14H2,1-2H3/t11-/m1/s1. The predicted molar refractivity (Wildman–Crippen MR) is 59.6 cm³/mol. The van der Waals surface area contributed by atoms with E-state index in [0.717, 1.165) is 11.1 Å². The van der Waals surface area contributed by atoms with Crippen LogP contribution in [-0.2, 0) is 16.0 Å². The van der Waals surface area contributed by atoms with Crippen molar-refractivity contribution in [3.05, 3.63) is 34.9 Å². The van der Waals surface area contributed by atoms with Gasteiger partial charge >= 0.3 is 5.97 Å². The minimum absolute atomic E-state index is 0.317. The van der Waals surface area contributed by atoms with Crippen LogP contribution in [0.4, 0.5) is 0 Å². The van der Waals surface area contributed by atoms with Crippen molar-refractivity contribution in [2.24, 2.45) is 5.73 Å². The molecular weight excluding hydrogens is 204 g/mol. The molecule has 0 spiro atoms. The van der Waals surface area contributed by atoms with Gasteiger partial charge < -0.3 is 10.5 Å². The number of hydrogen-bond donors (Lipinski definition) is 1. The quantitative estimate of drug-likeness (QED) is 0.765. The molecule has 4 nitrogen and oxygen atoms in total. The number of aryl methyl sites for hydroxylation is 1. The summed E-state index contributed by atoms with van der Waals surface area (Å²) in [5.41, 5.74) is 8.01. The predicted octanol–water partition coefficient (Wildman–Crippen LogP) is 0.909. The fourth-order valence-corrected chi connectivity index (χ4v) is 1.47. The lowest BCUT2D eigenvalue weighted by Gasteiger charge is -2.10. The molecule has 0 saturated carbocycles. The maximum Gasteiger partial charge on any atom is 0.322 e. The Morgan fingerprint density at radius 2 is 2.31 bits per heavy atom. The van der Waals surface area contributed by atoms with Crippen molar-refractivity contribution in [1.82, 2.24) is 0 Å². The summed E-state index contributed by atoms with van der Waals surface area (Å²) in [6, 6.07) is 6.80.